The van der Waals surface area contributed by atoms with E-state index < -0.39 is 11.9 Å². The van der Waals surface area contributed by atoms with E-state index in [4.69, 9.17) is 9.47 Å². The number of thioether (sulfide) groups is 2. The zero-order valence-electron chi connectivity index (χ0n) is 8.17. The number of ether oxygens (including phenoxy) is 2. The minimum Gasteiger partial charge on any atom is -0.393 e. The minimum absolute atomic E-state index is 0.225. The van der Waals surface area contributed by atoms with Crippen LogP contribution in [0, 0.1) is 0 Å². The topological polar surface area (TPSA) is 77.3 Å². The molecule has 2 aliphatic heterocycles. The summed E-state index contributed by atoms with van der Waals surface area (Å²) < 4.78 is 9.44. The van der Waals surface area contributed by atoms with Gasteiger partial charge < -0.3 is 9.47 Å². The van der Waals surface area contributed by atoms with E-state index in [0.717, 1.165) is 11.5 Å². The van der Waals surface area contributed by atoms with Crippen LogP contribution in [0.4, 0.5) is 0 Å². The fourth-order valence-electron chi connectivity index (χ4n) is 0.996. The van der Waals surface area contributed by atoms with Gasteiger partial charge in [0.25, 0.3) is 10.5 Å². The maximum Gasteiger partial charge on any atom is 0.425 e. The van der Waals surface area contributed by atoms with Gasteiger partial charge in [-0.1, -0.05) is 23.5 Å². The Morgan fingerprint density at radius 2 is 1.38 bits per heavy atom. The summed E-state index contributed by atoms with van der Waals surface area (Å²) in [6.07, 6.45) is 0. The maximum atomic E-state index is 11.2. The van der Waals surface area contributed by atoms with Crippen molar-refractivity contribution in [2.24, 2.45) is 9.98 Å². The first-order chi connectivity index (χ1) is 7.75. The van der Waals surface area contributed by atoms with Crippen LogP contribution >= 0.6 is 23.5 Å². The highest BCUT2D eigenvalue weighted by Crippen LogP contribution is 2.15. The van der Waals surface area contributed by atoms with Crippen molar-refractivity contribution in [3.8, 4) is 0 Å². The summed E-state index contributed by atoms with van der Waals surface area (Å²) in [7, 11) is 0. The summed E-state index contributed by atoms with van der Waals surface area (Å²) in [5.41, 5.74) is 0. The average Bonchev–Trinajstić information content (AvgIpc) is 2.90. The Balaban J connectivity index is 1.82. The molecule has 16 heavy (non-hydrogen) atoms. The maximum absolute atomic E-state index is 11.2. The third-order valence-corrected chi connectivity index (χ3v) is 3.33. The molecule has 0 fully saturated rings. The first-order valence-electron chi connectivity index (χ1n) is 4.54. The largest absolute Gasteiger partial charge is 0.425 e. The normalized spacial score (nSPS) is 19.0. The molecule has 0 aromatic rings. The number of carbonyl (C=O) groups excluding carboxylic acids is 2. The molecule has 8 heteroatoms. The first-order valence-corrected chi connectivity index (χ1v) is 6.51. The van der Waals surface area contributed by atoms with Crippen LogP contribution in [0.2, 0.25) is 0 Å². The van der Waals surface area contributed by atoms with Crippen LogP contribution in [-0.2, 0) is 19.1 Å². The number of nitrogens with zero attached hydrogens (tertiary/aromatic N) is 2. The Bertz CT molecular complexity index is 344. The fraction of sp³-hybridized carbons (Fsp3) is 0.500. The standard InChI is InChI=1S/C8H8N2O4S2/c11-5(13-7-9-1-3-15-7)6(12)14-8-10-2-4-16-8/h1-4H2. The van der Waals surface area contributed by atoms with E-state index >= 15 is 0 Å². The molecule has 0 aromatic heterocycles. The Morgan fingerprint density at radius 3 is 1.69 bits per heavy atom. The van der Waals surface area contributed by atoms with Gasteiger partial charge in [-0.15, -0.1) is 0 Å². The van der Waals surface area contributed by atoms with Crippen molar-refractivity contribution in [3.05, 3.63) is 0 Å². The van der Waals surface area contributed by atoms with Crippen molar-refractivity contribution >= 4 is 45.9 Å². The quantitative estimate of drug-likeness (QED) is 0.460. The lowest BCUT2D eigenvalue weighted by Gasteiger charge is -2.02. The smallest absolute Gasteiger partial charge is 0.393 e. The van der Waals surface area contributed by atoms with E-state index in [1.807, 2.05) is 0 Å². The minimum atomic E-state index is -1.05. The van der Waals surface area contributed by atoms with Gasteiger partial charge in [-0.2, -0.15) is 0 Å². The summed E-state index contributed by atoms with van der Waals surface area (Å²) in [5.74, 6) is -0.577. The van der Waals surface area contributed by atoms with Crippen molar-refractivity contribution in [2.45, 2.75) is 0 Å². The van der Waals surface area contributed by atoms with E-state index in [9.17, 15) is 9.59 Å². The van der Waals surface area contributed by atoms with Crippen LogP contribution in [0.25, 0.3) is 0 Å². The first kappa shape index (κ1) is 11.5. The predicted molar refractivity (Wildman–Crippen MR) is 61.7 cm³/mol. The lowest BCUT2D eigenvalue weighted by atomic mass is 10.7. The molecule has 0 aliphatic carbocycles. The van der Waals surface area contributed by atoms with E-state index in [-0.39, 0.29) is 10.5 Å². The zero-order chi connectivity index (χ0) is 11.4. The average molecular weight is 260 g/mol. The molecule has 0 radical (unpaired) electrons. The van der Waals surface area contributed by atoms with Gasteiger partial charge in [-0.05, 0) is 0 Å². The lowest BCUT2D eigenvalue weighted by Crippen LogP contribution is -2.23. The predicted octanol–water partition coefficient (Wildman–Crippen LogP) is 0.278. The number of carbonyl (C=O) groups is 2. The molecule has 2 rings (SSSR count). The number of hydrogen-bond donors (Lipinski definition) is 0. The van der Waals surface area contributed by atoms with Crippen molar-refractivity contribution in [1.29, 1.82) is 0 Å². The van der Waals surface area contributed by atoms with Gasteiger partial charge in [0, 0.05) is 11.5 Å². The monoisotopic (exact) mass is 260 g/mol. The Hall–Kier alpha value is -1.02. The second kappa shape index (κ2) is 5.35. The molecule has 86 valence electrons. The molecule has 0 aromatic carbocycles. The Morgan fingerprint density at radius 1 is 0.938 bits per heavy atom. The van der Waals surface area contributed by atoms with E-state index in [1.54, 1.807) is 0 Å². The third-order valence-electron chi connectivity index (χ3n) is 1.64. The Kier molecular flexibility index (Phi) is 3.83. The number of esters is 2. The second-order valence-electron chi connectivity index (χ2n) is 2.77. The van der Waals surface area contributed by atoms with Gasteiger partial charge in [-0.3, -0.25) is 0 Å². The summed E-state index contributed by atoms with van der Waals surface area (Å²) >= 11 is 2.59. The van der Waals surface area contributed by atoms with Crippen LogP contribution in [-0.4, -0.2) is 47.0 Å². The van der Waals surface area contributed by atoms with Gasteiger partial charge >= 0.3 is 11.9 Å². The summed E-state index contributed by atoms with van der Waals surface area (Å²) in [4.78, 5) is 30.2. The third kappa shape index (κ3) is 2.99. The molecule has 0 saturated heterocycles. The van der Waals surface area contributed by atoms with Gasteiger partial charge in [0.05, 0.1) is 13.1 Å². The SMILES string of the molecule is O=C(OC1=NCCS1)C(=O)OC1=NCCS1. The van der Waals surface area contributed by atoms with Crippen LogP contribution in [0.1, 0.15) is 0 Å². The van der Waals surface area contributed by atoms with Crippen molar-refractivity contribution < 1.29 is 19.1 Å². The van der Waals surface area contributed by atoms with Crippen molar-refractivity contribution in [3.63, 3.8) is 0 Å². The van der Waals surface area contributed by atoms with Gasteiger partial charge in [0.1, 0.15) is 0 Å². The lowest BCUT2D eigenvalue weighted by molar-refractivity contribution is -0.157. The highest BCUT2D eigenvalue weighted by atomic mass is 32.2. The molecule has 0 amide bonds. The molecule has 2 aliphatic rings. The van der Waals surface area contributed by atoms with Crippen LogP contribution in [0.15, 0.2) is 9.98 Å². The molecular weight excluding hydrogens is 252 g/mol. The highest BCUT2D eigenvalue weighted by molar-refractivity contribution is 8.14. The number of aliphatic imine (C=N–C) groups is 2. The Labute approximate surface area is 99.9 Å². The molecule has 0 saturated carbocycles. The second-order valence-corrected chi connectivity index (χ2v) is 4.86. The van der Waals surface area contributed by atoms with Crippen LogP contribution in [0.3, 0.4) is 0 Å². The van der Waals surface area contributed by atoms with E-state index in [1.165, 1.54) is 23.5 Å². The summed E-state index contributed by atoms with van der Waals surface area (Å²) in [5, 5.41) is 0.450. The molecule has 0 atom stereocenters. The molecule has 6 nitrogen and oxygen atoms in total. The number of rotatable bonds is 0. The molecular formula is C8H8N2O4S2. The van der Waals surface area contributed by atoms with Crippen molar-refractivity contribution in [1.82, 2.24) is 0 Å². The van der Waals surface area contributed by atoms with Gasteiger partial charge in [-0.25, -0.2) is 19.6 Å². The summed E-state index contributed by atoms with van der Waals surface area (Å²) in [6.45, 7) is 1.20. The molecule has 2 heterocycles. The van der Waals surface area contributed by atoms with E-state index in [2.05, 4.69) is 9.98 Å². The summed E-state index contributed by atoms with van der Waals surface area (Å²) in [6, 6.07) is 0. The molecule has 0 spiro atoms. The molecule has 0 bridgehead atoms. The van der Waals surface area contributed by atoms with Gasteiger partial charge in [0.2, 0.25) is 0 Å². The highest BCUT2D eigenvalue weighted by Gasteiger charge is 2.25. The number of hydrogen-bond acceptors (Lipinski definition) is 8. The molecule has 0 unspecified atom stereocenters. The fourth-order valence-corrected chi connectivity index (χ4v) is 2.35. The van der Waals surface area contributed by atoms with E-state index in [0.29, 0.717) is 13.1 Å². The van der Waals surface area contributed by atoms with Crippen molar-refractivity contribution in [2.75, 3.05) is 24.6 Å². The van der Waals surface area contributed by atoms with Crippen LogP contribution < -0.4 is 0 Å². The zero-order valence-corrected chi connectivity index (χ0v) is 9.81. The van der Waals surface area contributed by atoms with Crippen LogP contribution in [0.5, 0.6) is 0 Å². The molecule has 0 N–H and O–H groups in total. The van der Waals surface area contributed by atoms with Gasteiger partial charge in [0.15, 0.2) is 0 Å².